The van der Waals surface area contributed by atoms with Crippen LogP contribution in [-0.4, -0.2) is 7.11 Å². The Morgan fingerprint density at radius 3 is 2.65 bits per heavy atom. The molecule has 0 radical (unpaired) electrons. The van der Waals surface area contributed by atoms with Gasteiger partial charge in [-0.25, -0.2) is 9.82 Å². The Labute approximate surface area is 126 Å². The average Bonchev–Trinajstić information content (AvgIpc) is 2.44. The molecule has 20 heavy (non-hydrogen) atoms. The molecule has 0 aliphatic carbocycles. The summed E-state index contributed by atoms with van der Waals surface area (Å²) in [4.78, 5) is 0. The largest absolute Gasteiger partial charge is 0.496 e. The van der Waals surface area contributed by atoms with Crippen molar-refractivity contribution < 1.29 is 9.13 Å². The van der Waals surface area contributed by atoms with Crippen molar-refractivity contribution in [3.05, 3.63) is 63.4 Å². The molecule has 0 spiro atoms. The molecule has 0 saturated carbocycles. The third kappa shape index (κ3) is 2.88. The molecule has 0 fully saturated rings. The standard InChI is InChI=1S/C14H13Cl2FN2O/c1-20-12-4-2-3-11(17)13(12)14(19-18)9-7-8(15)5-6-10(9)16/h2-7,14,19H,18H2,1H3. The zero-order valence-corrected chi connectivity index (χ0v) is 12.2. The molecule has 1 unspecified atom stereocenters. The molecule has 6 heteroatoms. The molecule has 1 atom stereocenters. The molecular formula is C14H13Cl2FN2O. The van der Waals surface area contributed by atoms with Gasteiger partial charge in [0.15, 0.2) is 0 Å². The minimum absolute atomic E-state index is 0.279. The fraction of sp³-hybridized carbons (Fsp3) is 0.143. The maximum absolute atomic E-state index is 14.1. The summed E-state index contributed by atoms with van der Waals surface area (Å²) >= 11 is 12.1. The van der Waals surface area contributed by atoms with Crippen molar-refractivity contribution in [3.63, 3.8) is 0 Å². The van der Waals surface area contributed by atoms with Gasteiger partial charge in [0.25, 0.3) is 0 Å². The molecule has 2 rings (SSSR count). The van der Waals surface area contributed by atoms with E-state index in [0.29, 0.717) is 21.4 Å². The summed E-state index contributed by atoms with van der Waals surface area (Å²) in [5, 5.41) is 0.919. The van der Waals surface area contributed by atoms with Crippen molar-refractivity contribution in [2.24, 2.45) is 5.84 Å². The first-order valence-corrected chi connectivity index (χ1v) is 6.57. The fourth-order valence-corrected chi connectivity index (χ4v) is 2.45. The number of halogens is 3. The van der Waals surface area contributed by atoms with Crippen LogP contribution in [0.2, 0.25) is 10.0 Å². The predicted octanol–water partition coefficient (Wildman–Crippen LogP) is 3.69. The smallest absolute Gasteiger partial charge is 0.132 e. The van der Waals surface area contributed by atoms with Crippen LogP contribution < -0.4 is 16.0 Å². The maximum atomic E-state index is 14.1. The topological polar surface area (TPSA) is 47.3 Å². The van der Waals surface area contributed by atoms with Gasteiger partial charge in [-0.1, -0.05) is 29.3 Å². The monoisotopic (exact) mass is 314 g/mol. The fourth-order valence-electron chi connectivity index (χ4n) is 2.04. The number of nitrogens with one attached hydrogen (secondary N) is 1. The second kappa shape index (κ2) is 6.41. The third-order valence-electron chi connectivity index (χ3n) is 2.96. The summed E-state index contributed by atoms with van der Waals surface area (Å²) in [5.41, 5.74) is 3.41. The van der Waals surface area contributed by atoms with E-state index in [1.54, 1.807) is 30.3 Å². The Bertz CT molecular complexity index is 622. The minimum atomic E-state index is -0.669. The Balaban J connectivity index is 2.61. The first-order chi connectivity index (χ1) is 9.58. The summed E-state index contributed by atoms with van der Waals surface area (Å²) in [6.07, 6.45) is 0. The van der Waals surface area contributed by atoms with Crippen molar-refractivity contribution in [1.82, 2.24) is 5.43 Å². The number of ether oxygens (including phenoxy) is 1. The molecule has 3 N–H and O–H groups in total. The number of nitrogens with two attached hydrogens (primary N) is 1. The molecule has 0 aromatic heterocycles. The minimum Gasteiger partial charge on any atom is -0.496 e. The van der Waals surface area contributed by atoms with Crippen molar-refractivity contribution >= 4 is 23.2 Å². The normalized spacial score (nSPS) is 12.2. The molecule has 0 bridgehead atoms. The molecule has 2 aromatic carbocycles. The van der Waals surface area contributed by atoms with Gasteiger partial charge < -0.3 is 4.74 Å². The summed E-state index contributed by atoms with van der Waals surface area (Å²) in [6, 6.07) is 8.81. The quantitative estimate of drug-likeness (QED) is 0.668. The molecule has 0 heterocycles. The van der Waals surface area contributed by atoms with Crippen LogP contribution in [0.15, 0.2) is 36.4 Å². The van der Waals surface area contributed by atoms with Crippen molar-refractivity contribution in [2.45, 2.75) is 6.04 Å². The van der Waals surface area contributed by atoms with Crippen LogP contribution in [0.4, 0.5) is 4.39 Å². The highest BCUT2D eigenvalue weighted by atomic mass is 35.5. The van der Waals surface area contributed by atoms with E-state index in [-0.39, 0.29) is 5.56 Å². The van der Waals surface area contributed by atoms with Crippen molar-refractivity contribution in [1.29, 1.82) is 0 Å². The summed E-state index contributed by atoms with van der Waals surface area (Å²) in [7, 11) is 1.46. The Morgan fingerprint density at radius 2 is 2.00 bits per heavy atom. The number of methoxy groups -OCH3 is 1. The Kier molecular flexibility index (Phi) is 4.83. The molecule has 0 saturated heterocycles. The zero-order valence-electron chi connectivity index (χ0n) is 10.7. The van der Waals surface area contributed by atoms with E-state index >= 15 is 0 Å². The van der Waals surface area contributed by atoms with Gasteiger partial charge in [-0.3, -0.25) is 5.84 Å². The molecule has 2 aromatic rings. The number of benzene rings is 2. The average molecular weight is 315 g/mol. The van der Waals surface area contributed by atoms with Gasteiger partial charge in [-0.2, -0.15) is 0 Å². The maximum Gasteiger partial charge on any atom is 0.132 e. The molecule has 3 nitrogen and oxygen atoms in total. The van der Waals surface area contributed by atoms with Gasteiger partial charge in [0.05, 0.1) is 18.7 Å². The SMILES string of the molecule is COc1cccc(F)c1C(NN)c1cc(Cl)ccc1Cl. The van der Waals surface area contributed by atoms with E-state index < -0.39 is 11.9 Å². The van der Waals surface area contributed by atoms with E-state index in [4.69, 9.17) is 33.8 Å². The van der Waals surface area contributed by atoms with Crippen LogP contribution in [0, 0.1) is 5.82 Å². The van der Waals surface area contributed by atoms with Crippen LogP contribution in [0.5, 0.6) is 5.75 Å². The van der Waals surface area contributed by atoms with Crippen LogP contribution in [-0.2, 0) is 0 Å². The Hall–Kier alpha value is -1.33. The van der Waals surface area contributed by atoms with Crippen LogP contribution in [0.3, 0.4) is 0 Å². The second-order valence-corrected chi connectivity index (χ2v) is 4.96. The molecular weight excluding hydrogens is 302 g/mol. The highest BCUT2D eigenvalue weighted by Gasteiger charge is 2.23. The van der Waals surface area contributed by atoms with E-state index in [1.807, 2.05) is 0 Å². The lowest BCUT2D eigenvalue weighted by atomic mass is 9.97. The third-order valence-corrected chi connectivity index (χ3v) is 3.54. The molecule has 0 aliphatic rings. The van der Waals surface area contributed by atoms with Gasteiger partial charge in [0.1, 0.15) is 11.6 Å². The van der Waals surface area contributed by atoms with E-state index in [1.165, 1.54) is 13.2 Å². The van der Waals surface area contributed by atoms with Gasteiger partial charge in [-0.05, 0) is 35.9 Å². The summed E-state index contributed by atoms with van der Waals surface area (Å²) in [6.45, 7) is 0. The van der Waals surface area contributed by atoms with E-state index in [0.717, 1.165) is 0 Å². The lowest BCUT2D eigenvalue weighted by molar-refractivity contribution is 0.397. The number of hydrogen-bond acceptors (Lipinski definition) is 3. The van der Waals surface area contributed by atoms with Crippen molar-refractivity contribution in [2.75, 3.05) is 7.11 Å². The van der Waals surface area contributed by atoms with Gasteiger partial charge in [0.2, 0.25) is 0 Å². The highest BCUT2D eigenvalue weighted by Crippen LogP contribution is 2.35. The van der Waals surface area contributed by atoms with Crippen LogP contribution in [0.25, 0.3) is 0 Å². The van der Waals surface area contributed by atoms with Crippen LogP contribution in [0.1, 0.15) is 17.2 Å². The number of hydrazine groups is 1. The molecule has 0 aliphatic heterocycles. The first-order valence-electron chi connectivity index (χ1n) is 5.82. The van der Waals surface area contributed by atoms with Gasteiger partial charge in [0, 0.05) is 10.0 Å². The number of hydrogen-bond donors (Lipinski definition) is 2. The van der Waals surface area contributed by atoms with E-state index in [9.17, 15) is 4.39 Å². The van der Waals surface area contributed by atoms with E-state index in [2.05, 4.69) is 5.43 Å². The van der Waals surface area contributed by atoms with Crippen LogP contribution >= 0.6 is 23.2 Å². The number of rotatable bonds is 4. The molecule has 0 amide bonds. The summed E-state index contributed by atoms with van der Waals surface area (Å²) in [5.74, 6) is 5.51. The van der Waals surface area contributed by atoms with Gasteiger partial charge in [-0.15, -0.1) is 0 Å². The second-order valence-electron chi connectivity index (χ2n) is 4.12. The zero-order chi connectivity index (χ0) is 14.7. The first kappa shape index (κ1) is 15.1. The lowest BCUT2D eigenvalue weighted by Crippen LogP contribution is -2.30. The van der Waals surface area contributed by atoms with Crippen molar-refractivity contribution in [3.8, 4) is 5.75 Å². The Morgan fingerprint density at radius 1 is 1.25 bits per heavy atom. The predicted molar refractivity (Wildman–Crippen MR) is 78.6 cm³/mol. The molecule has 106 valence electrons. The lowest BCUT2D eigenvalue weighted by Gasteiger charge is -2.21. The van der Waals surface area contributed by atoms with Gasteiger partial charge >= 0.3 is 0 Å². The highest BCUT2D eigenvalue weighted by molar-refractivity contribution is 6.33. The summed E-state index contributed by atoms with van der Waals surface area (Å²) < 4.78 is 19.3.